The van der Waals surface area contributed by atoms with Gasteiger partial charge in [-0.3, -0.25) is 4.79 Å². The molecule has 0 fully saturated rings. The third-order valence-electron chi connectivity index (χ3n) is 4.93. The van der Waals surface area contributed by atoms with E-state index in [9.17, 15) is 9.18 Å². The number of nitrogens with one attached hydrogen (secondary N) is 1. The fourth-order valence-corrected chi connectivity index (χ4v) is 3.58. The number of halogens is 2. The third kappa shape index (κ3) is 4.22. The molecule has 0 aliphatic carbocycles. The molecule has 0 saturated carbocycles. The first-order valence-electron chi connectivity index (χ1n) is 9.64. The van der Waals surface area contributed by atoms with Crippen LogP contribution < -0.4 is 10.1 Å². The summed E-state index contributed by atoms with van der Waals surface area (Å²) in [6, 6.07) is 13.2. The van der Waals surface area contributed by atoms with Crippen LogP contribution in [-0.2, 0) is 4.79 Å². The summed E-state index contributed by atoms with van der Waals surface area (Å²) in [4.78, 5) is 16.9. The summed E-state index contributed by atoms with van der Waals surface area (Å²) in [7, 11) is 0. The summed E-state index contributed by atoms with van der Waals surface area (Å²) in [6.45, 7) is 5.38. The third-order valence-corrected chi connectivity index (χ3v) is 5.34. The normalized spacial score (nSPS) is 11.0. The van der Waals surface area contributed by atoms with Gasteiger partial charge in [-0.05, 0) is 62.2 Å². The first-order valence-corrected chi connectivity index (χ1v) is 10.0. The van der Waals surface area contributed by atoms with Crippen LogP contribution in [0.1, 0.15) is 16.8 Å². The molecule has 158 valence electrons. The Hall–Kier alpha value is -3.45. The second-order valence-corrected chi connectivity index (χ2v) is 7.61. The van der Waals surface area contributed by atoms with Crippen molar-refractivity contribution in [3.8, 4) is 11.6 Å². The maximum atomic E-state index is 13.7. The number of fused-ring (bicyclic) bond motifs is 1. The highest BCUT2D eigenvalue weighted by Gasteiger charge is 2.16. The molecule has 8 heteroatoms. The summed E-state index contributed by atoms with van der Waals surface area (Å²) in [6.07, 6.45) is 0. The summed E-state index contributed by atoms with van der Waals surface area (Å²) in [5.41, 5.74) is 4.15. The van der Waals surface area contributed by atoms with E-state index in [0.717, 1.165) is 22.2 Å². The van der Waals surface area contributed by atoms with E-state index in [2.05, 4.69) is 15.4 Å². The van der Waals surface area contributed by atoms with Crippen molar-refractivity contribution < 1.29 is 13.9 Å². The minimum Gasteiger partial charge on any atom is -0.467 e. The van der Waals surface area contributed by atoms with Crippen LogP contribution in [0.4, 0.5) is 10.1 Å². The van der Waals surface area contributed by atoms with Gasteiger partial charge in [0, 0.05) is 22.2 Å². The van der Waals surface area contributed by atoms with Crippen molar-refractivity contribution in [2.24, 2.45) is 0 Å². The molecule has 31 heavy (non-hydrogen) atoms. The molecule has 0 bridgehead atoms. The van der Waals surface area contributed by atoms with Crippen LogP contribution >= 0.6 is 11.6 Å². The van der Waals surface area contributed by atoms with Gasteiger partial charge >= 0.3 is 0 Å². The lowest BCUT2D eigenvalue weighted by Gasteiger charge is -2.11. The molecule has 0 radical (unpaired) electrons. The Morgan fingerprint density at radius 1 is 1.16 bits per heavy atom. The Morgan fingerprint density at radius 2 is 1.94 bits per heavy atom. The smallest absolute Gasteiger partial charge is 0.262 e. The number of rotatable bonds is 5. The van der Waals surface area contributed by atoms with Crippen LogP contribution in [0.2, 0.25) is 5.02 Å². The topological polar surface area (TPSA) is 69.0 Å². The largest absolute Gasteiger partial charge is 0.467 e. The molecule has 1 N–H and O–H groups in total. The van der Waals surface area contributed by atoms with E-state index in [1.165, 1.54) is 12.1 Å². The van der Waals surface area contributed by atoms with Crippen LogP contribution in [0.3, 0.4) is 0 Å². The predicted molar refractivity (Wildman–Crippen MR) is 119 cm³/mol. The summed E-state index contributed by atoms with van der Waals surface area (Å²) in [5.74, 6) is -0.420. The minimum absolute atomic E-state index is 0.225. The van der Waals surface area contributed by atoms with Gasteiger partial charge < -0.3 is 10.1 Å². The summed E-state index contributed by atoms with van der Waals surface area (Å²) < 4.78 is 20.9. The SMILES string of the molecule is Cc1c(Cl)cccc1NC(=O)COc1cc(C)c2c(C)nn(-c3cccc(F)c3)c2n1. The molecular weight excluding hydrogens is 419 g/mol. The Labute approximate surface area is 183 Å². The van der Waals surface area contributed by atoms with Gasteiger partial charge in [0.25, 0.3) is 5.91 Å². The Morgan fingerprint density at radius 3 is 2.71 bits per heavy atom. The van der Waals surface area contributed by atoms with Crippen LogP contribution in [0.15, 0.2) is 48.5 Å². The molecule has 6 nitrogen and oxygen atoms in total. The molecular formula is C23H20ClFN4O2. The number of nitrogens with zero attached hydrogens (tertiary/aromatic N) is 3. The number of ether oxygens (including phenoxy) is 1. The van der Waals surface area contributed by atoms with E-state index < -0.39 is 0 Å². The number of carbonyl (C=O) groups excluding carboxylic acids is 1. The number of hydrogen-bond donors (Lipinski definition) is 1. The predicted octanol–water partition coefficient (Wildman–Crippen LogP) is 5.16. The lowest BCUT2D eigenvalue weighted by Crippen LogP contribution is -2.21. The monoisotopic (exact) mass is 438 g/mol. The van der Waals surface area contributed by atoms with Crippen molar-refractivity contribution in [2.75, 3.05) is 11.9 Å². The molecule has 1 amide bonds. The quantitative estimate of drug-likeness (QED) is 0.467. The lowest BCUT2D eigenvalue weighted by molar-refractivity contribution is -0.118. The fourth-order valence-electron chi connectivity index (χ4n) is 3.40. The molecule has 2 aromatic heterocycles. The number of pyridine rings is 1. The van der Waals surface area contributed by atoms with E-state index in [-0.39, 0.29) is 24.2 Å². The molecule has 0 saturated heterocycles. The number of anilines is 1. The zero-order valence-electron chi connectivity index (χ0n) is 17.2. The van der Waals surface area contributed by atoms with Crippen molar-refractivity contribution in [1.29, 1.82) is 0 Å². The number of aromatic nitrogens is 3. The lowest BCUT2D eigenvalue weighted by atomic mass is 10.2. The average molecular weight is 439 g/mol. The average Bonchev–Trinajstić information content (AvgIpc) is 3.07. The van der Waals surface area contributed by atoms with Crippen LogP contribution in [0.5, 0.6) is 5.88 Å². The first kappa shape index (κ1) is 20.8. The second kappa shape index (κ2) is 8.35. The molecule has 0 aliphatic rings. The standard InChI is InChI=1S/C23H20ClFN4O2/c1-13-10-21(31-12-20(30)26-19-9-5-8-18(24)14(19)2)27-23-22(13)15(3)28-29(23)17-7-4-6-16(25)11-17/h4-11H,12H2,1-3H3,(H,26,30). The number of hydrogen-bond acceptors (Lipinski definition) is 4. The fraction of sp³-hybridized carbons (Fsp3) is 0.174. The maximum Gasteiger partial charge on any atom is 0.262 e. The van der Waals surface area contributed by atoms with Gasteiger partial charge in [0.1, 0.15) is 5.82 Å². The summed E-state index contributed by atoms with van der Waals surface area (Å²) >= 11 is 6.10. The van der Waals surface area contributed by atoms with E-state index in [0.29, 0.717) is 22.0 Å². The number of aryl methyl sites for hydroxylation is 2. The Balaban J connectivity index is 1.59. The van der Waals surface area contributed by atoms with Gasteiger partial charge in [-0.1, -0.05) is 23.7 Å². The summed E-state index contributed by atoms with van der Waals surface area (Å²) in [5, 5.41) is 8.73. The van der Waals surface area contributed by atoms with Crippen molar-refractivity contribution in [1.82, 2.24) is 14.8 Å². The van der Waals surface area contributed by atoms with E-state index >= 15 is 0 Å². The Bertz CT molecular complexity index is 1300. The van der Waals surface area contributed by atoms with Gasteiger partial charge in [-0.25, -0.2) is 9.07 Å². The van der Waals surface area contributed by atoms with Gasteiger partial charge in [0.05, 0.1) is 11.4 Å². The highest BCUT2D eigenvalue weighted by molar-refractivity contribution is 6.31. The zero-order chi connectivity index (χ0) is 22.1. The van der Waals surface area contributed by atoms with Gasteiger partial charge in [0.15, 0.2) is 12.3 Å². The molecule has 4 aromatic rings. The van der Waals surface area contributed by atoms with Crippen molar-refractivity contribution in [3.63, 3.8) is 0 Å². The van der Waals surface area contributed by atoms with Crippen LogP contribution in [-0.4, -0.2) is 27.3 Å². The first-order chi connectivity index (χ1) is 14.8. The second-order valence-electron chi connectivity index (χ2n) is 7.20. The molecule has 0 unspecified atom stereocenters. The molecule has 0 atom stereocenters. The van der Waals surface area contributed by atoms with E-state index in [1.807, 2.05) is 20.8 Å². The van der Waals surface area contributed by atoms with Crippen molar-refractivity contribution >= 4 is 34.2 Å². The van der Waals surface area contributed by atoms with Gasteiger partial charge in [0.2, 0.25) is 5.88 Å². The molecule has 0 aliphatic heterocycles. The molecule has 2 heterocycles. The van der Waals surface area contributed by atoms with Crippen molar-refractivity contribution in [3.05, 3.63) is 76.2 Å². The maximum absolute atomic E-state index is 13.7. The highest BCUT2D eigenvalue weighted by atomic mass is 35.5. The van der Waals surface area contributed by atoms with Crippen LogP contribution in [0, 0.1) is 26.6 Å². The molecule has 4 rings (SSSR count). The van der Waals surface area contributed by atoms with E-state index in [1.54, 1.807) is 41.1 Å². The number of benzene rings is 2. The van der Waals surface area contributed by atoms with Crippen molar-refractivity contribution in [2.45, 2.75) is 20.8 Å². The zero-order valence-corrected chi connectivity index (χ0v) is 18.0. The van der Waals surface area contributed by atoms with Gasteiger partial charge in [-0.2, -0.15) is 10.1 Å². The Kier molecular flexibility index (Phi) is 5.61. The number of carbonyl (C=O) groups is 1. The minimum atomic E-state index is -0.365. The van der Waals surface area contributed by atoms with Gasteiger partial charge in [-0.15, -0.1) is 0 Å². The number of amides is 1. The van der Waals surface area contributed by atoms with Crippen LogP contribution in [0.25, 0.3) is 16.7 Å². The highest BCUT2D eigenvalue weighted by Crippen LogP contribution is 2.27. The molecule has 2 aromatic carbocycles. The van der Waals surface area contributed by atoms with E-state index in [4.69, 9.17) is 16.3 Å². The molecule has 0 spiro atoms.